The second-order valence-electron chi connectivity index (χ2n) is 4.44. The van der Waals surface area contributed by atoms with Crippen molar-refractivity contribution in [2.75, 3.05) is 17.5 Å². The van der Waals surface area contributed by atoms with Crippen LogP contribution in [-0.4, -0.2) is 26.3 Å². The van der Waals surface area contributed by atoms with E-state index in [0.717, 1.165) is 16.4 Å². The molecular weight excluding hydrogens is 424 g/mol. The molecule has 1 aromatic carbocycles. The first-order valence-corrected chi connectivity index (χ1v) is 8.53. The molecule has 3 heteroatoms. The molecule has 0 bridgehead atoms. The minimum absolute atomic E-state index is 0.874. The third-order valence-corrected chi connectivity index (χ3v) is 5.94. The summed E-state index contributed by atoms with van der Waals surface area (Å²) in [7, 11) is 0. The summed E-state index contributed by atoms with van der Waals surface area (Å²) in [4.78, 5) is 2.60. The largest absolute Gasteiger partial charge is 0.299 e. The average molecular weight is 441 g/mol. The van der Waals surface area contributed by atoms with Crippen LogP contribution in [0.2, 0.25) is 0 Å². The quantitative estimate of drug-likeness (QED) is 0.511. The summed E-state index contributed by atoms with van der Waals surface area (Å²) in [5, 5.41) is 0. The van der Waals surface area contributed by atoms with Crippen LogP contribution < -0.4 is 0 Å². The molecule has 1 aliphatic rings. The first kappa shape index (κ1) is 13.1. The molecule has 0 N–H and O–H groups in total. The van der Waals surface area contributed by atoms with E-state index < -0.39 is 0 Å². The van der Waals surface area contributed by atoms with Crippen molar-refractivity contribution in [2.24, 2.45) is 5.92 Å². The Bertz CT molecular complexity index is 315. The van der Waals surface area contributed by atoms with Crippen molar-refractivity contribution >= 4 is 45.2 Å². The highest BCUT2D eigenvalue weighted by atomic mass is 127. The van der Waals surface area contributed by atoms with Gasteiger partial charge in [0.25, 0.3) is 0 Å². The van der Waals surface area contributed by atoms with Gasteiger partial charge in [0, 0.05) is 21.4 Å². The zero-order valence-electron chi connectivity index (χ0n) is 9.28. The van der Waals surface area contributed by atoms with Crippen LogP contribution in [0.15, 0.2) is 30.3 Å². The topological polar surface area (TPSA) is 3.24 Å². The number of halogens is 2. The minimum atomic E-state index is 0.874. The minimum Gasteiger partial charge on any atom is -0.299 e. The predicted molar refractivity (Wildman–Crippen MR) is 86.5 cm³/mol. The molecule has 16 heavy (non-hydrogen) atoms. The molecule has 0 aliphatic carbocycles. The van der Waals surface area contributed by atoms with E-state index >= 15 is 0 Å². The van der Waals surface area contributed by atoms with Crippen LogP contribution >= 0.6 is 45.2 Å². The van der Waals surface area contributed by atoms with E-state index in [-0.39, 0.29) is 0 Å². The van der Waals surface area contributed by atoms with Crippen LogP contribution in [-0.2, 0) is 6.54 Å². The average Bonchev–Trinajstić information content (AvgIpc) is 2.33. The molecule has 88 valence electrons. The second-order valence-corrected chi connectivity index (χ2v) is 6.92. The highest BCUT2D eigenvalue weighted by Gasteiger charge is 2.26. The lowest BCUT2D eigenvalue weighted by Gasteiger charge is -2.35. The molecule has 2 atom stereocenters. The molecule has 0 amide bonds. The summed E-state index contributed by atoms with van der Waals surface area (Å²) in [6.45, 7) is 3.65. The van der Waals surface area contributed by atoms with Crippen molar-refractivity contribution in [3.63, 3.8) is 0 Å². The summed E-state index contributed by atoms with van der Waals surface area (Å²) < 4.78 is 2.16. The molecule has 0 aromatic heterocycles. The number of likely N-dealkylation sites (tertiary alicyclic amines) is 1. The van der Waals surface area contributed by atoms with Crippen LogP contribution in [0.25, 0.3) is 0 Å². The monoisotopic (exact) mass is 441 g/mol. The molecule has 0 saturated carbocycles. The summed E-state index contributed by atoms with van der Waals surface area (Å²) in [5.41, 5.74) is 1.45. The van der Waals surface area contributed by atoms with Gasteiger partial charge in [0.1, 0.15) is 0 Å². The van der Waals surface area contributed by atoms with Crippen LogP contribution in [0.5, 0.6) is 0 Å². The van der Waals surface area contributed by atoms with E-state index in [1.807, 2.05) is 0 Å². The van der Waals surface area contributed by atoms with Gasteiger partial charge in [-0.1, -0.05) is 75.5 Å². The van der Waals surface area contributed by atoms with Gasteiger partial charge in [0.05, 0.1) is 0 Å². The Morgan fingerprint density at radius 3 is 2.69 bits per heavy atom. The van der Waals surface area contributed by atoms with Gasteiger partial charge in [-0.2, -0.15) is 0 Å². The van der Waals surface area contributed by atoms with Crippen molar-refractivity contribution in [3.8, 4) is 0 Å². The molecule has 1 fully saturated rings. The molecule has 0 spiro atoms. The Kier molecular flexibility index (Phi) is 5.35. The molecule has 0 radical (unpaired) electrons. The second kappa shape index (κ2) is 6.54. The van der Waals surface area contributed by atoms with E-state index in [4.69, 9.17) is 0 Å². The number of rotatable bonds is 3. The summed E-state index contributed by atoms with van der Waals surface area (Å²) in [6, 6.07) is 10.8. The first-order valence-electron chi connectivity index (χ1n) is 5.76. The third-order valence-electron chi connectivity index (χ3n) is 3.17. The Labute approximate surface area is 125 Å². The lowest BCUT2D eigenvalue weighted by Crippen LogP contribution is -2.41. The van der Waals surface area contributed by atoms with E-state index in [1.165, 1.54) is 29.5 Å². The maximum Gasteiger partial charge on any atom is 0.0233 e. The fraction of sp³-hybridized carbons (Fsp3) is 0.538. The molecular formula is C13H17I2N. The van der Waals surface area contributed by atoms with Crippen molar-refractivity contribution < 1.29 is 0 Å². The predicted octanol–water partition coefficient (Wildman–Crippen LogP) is 3.75. The molecule has 1 saturated heterocycles. The maximum atomic E-state index is 2.63. The van der Waals surface area contributed by atoms with Crippen LogP contribution in [0, 0.1) is 5.92 Å². The Morgan fingerprint density at radius 1 is 1.25 bits per heavy atom. The van der Waals surface area contributed by atoms with Crippen LogP contribution in [0.3, 0.4) is 0 Å². The SMILES string of the molecule is ICC1CN(Cc2ccccc2)CCC1I. The molecule has 2 unspecified atom stereocenters. The summed E-state index contributed by atoms with van der Waals surface area (Å²) in [6.07, 6.45) is 1.35. The van der Waals surface area contributed by atoms with E-state index in [0.29, 0.717) is 0 Å². The maximum absolute atomic E-state index is 2.63. The van der Waals surface area contributed by atoms with Gasteiger partial charge >= 0.3 is 0 Å². The van der Waals surface area contributed by atoms with Crippen molar-refractivity contribution in [1.29, 1.82) is 0 Å². The van der Waals surface area contributed by atoms with Gasteiger partial charge in [0.2, 0.25) is 0 Å². The Hall–Kier alpha value is 0.640. The first-order chi connectivity index (χ1) is 7.79. The van der Waals surface area contributed by atoms with Gasteiger partial charge in [-0.15, -0.1) is 0 Å². The Balaban J connectivity index is 1.92. The normalized spacial score (nSPS) is 26.9. The standard InChI is InChI=1S/C13H17I2N/c14-8-12-10-16(7-6-13(12)15)9-11-4-2-1-3-5-11/h1-5,12-13H,6-10H2. The highest BCUT2D eigenvalue weighted by molar-refractivity contribution is 14.1. The van der Waals surface area contributed by atoms with E-state index in [1.54, 1.807) is 0 Å². The molecule has 1 nitrogen and oxygen atoms in total. The molecule has 1 aromatic rings. The van der Waals surface area contributed by atoms with E-state index in [9.17, 15) is 0 Å². The number of hydrogen-bond acceptors (Lipinski definition) is 1. The lowest BCUT2D eigenvalue weighted by molar-refractivity contribution is 0.189. The molecule has 1 heterocycles. The van der Waals surface area contributed by atoms with Crippen LogP contribution in [0.4, 0.5) is 0 Å². The van der Waals surface area contributed by atoms with Crippen LogP contribution in [0.1, 0.15) is 12.0 Å². The number of piperidine rings is 1. The van der Waals surface area contributed by atoms with Crippen molar-refractivity contribution in [2.45, 2.75) is 16.9 Å². The zero-order chi connectivity index (χ0) is 11.4. The van der Waals surface area contributed by atoms with Gasteiger partial charge in [-0.05, 0) is 24.4 Å². The Morgan fingerprint density at radius 2 is 2.00 bits per heavy atom. The van der Waals surface area contributed by atoms with Gasteiger partial charge in [0.15, 0.2) is 0 Å². The fourth-order valence-corrected chi connectivity index (χ4v) is 4.84. The van der Waals surface area contributed by atoms with Crippen molar-refractivity contribution in [3.05, 3.63) is 35.9 Å². The number of hydrogen-bond donors (Lipinski definition) is 0. The fourth-order valence-electron chi connectivity index (χ4n) is 2.21. The molecule has 2 rings (SSSR count). The van der Waals surface area contributed by atoms with Gasteiger partial charge in [-0.25, -0.2) is 0 Å². The zero-order valence-corrected chi connectivity index (χ0v) is 13.6. The smallest absolute Gasteiger partial charge is 0.0233 e. The summed E-state index contributed by atoms with van der Waals surface area (Å²) >= 11 is 5.16. The van der Waals surface area contributed by atoms with Gasteiger partial charge < -0.3 is 0 Å². The number of benzene rings is 1. The third kappa shape index (κ3) is 3.57. The highest BCUT2D eigenvalue weighted by Crippen LogP contribution is 2.26. The number of nitrogens with zero attached hydrogens (tertiary/aromatic N) is 1. The molecule has 1 aliphatic heterocycles. The van der Waals surface area contributed by atoms with E-state index in [2.05, 4.69) is 80.4 Å². The van der Waals surface area contributed by atoms with Crippen molar-refractivity contribution in [1.82, 2.24) is 4.90 Å². The van der Waals surface area contributed by atoms with Gasteiger partial charge in [-0.3, -0.25) is 4.90 Å². The number of alkyl halides is 2. The lowest BCUT2D eigenvalue weighted by atomic mass is 9.99. The summed E-state index contributed by atoms with van der Waals surface area (Å²) in [5.74, 6) is 0.874.